The molecule has 0 spiro atoms. The molecule has 2 rings (SSSR count). The van der Waals surface area contributed by atoms with E-state index in [1.165, 1.54) is 31.7 Å². The molecule has 0 aliphatic carbocycles. The number of piperazine rings is 1. The predicted molar refractivity (Wildman–Crippen MR) is 128 cm³/mol. The van der Waals surface area contributed by atoms with Crippen LogP contribution in [-0.4, -0.2) is 75.2 Å². The Bertz CT molecular complexity index is 561. The van der Waals surface area contributed by atoms with Crippen molar-refractivity contribution in [3.8, 4) is 0 Å². The van der Waals surface area contributed by atoms with E-state index in [1.54, 1.807) is 0 Å². The van der Waals surface area contributed by atoms with Gasteiger partial charge in [-0.15, -0.1) is 24.0 Å². The third-order valence-corrected chi connectivity index (χ3v) is 5.08. The molecule has 27 heavy (non-hydrogen) atoms. The maximum Gasteiger partial charge on any atom is 0.191 e. The number of likely N-dealkylation sites (N-methyl/N-ethyl adjacent to an activating group) is 1. The topological polar surface area (TPSA) is 42.9 Å². The largest absolute Gasteiger partial charge is 0.357 e. The van der Waals surface area contributed by atoms with Crippen molar-refractivity contribution in [2.45, 2.75) is 20.3 Å². The summed E-state index contributed by atoms with van der Waals surface area (Å²) < 4.78 is 0. The first-order valence-corrected chi connectivity index (χ1v) is 10.1. The van der Waals surface area contributed by atoms with Gasteiger partial charge in [0, 0.05) is 57.4 Å². The van der Waals surface area contributed by atoms with Crippen LogP contribution in [0.1, 0.15) is 19.4 Å². The Labute approximate surface area is 186 Å². The van der Waals surface area contributed by atoms with Gasteiger partial charge in [0.1, 0.15) is 0 Å². The molecule has 0 amide bonds. The second-order valence-electron chi connectivity index (χ2n) is 7.20. The Morgan fingerprint density at radius 2 is 1.89 bits per heavy atom. The van der Waals surface area contributed by atoms with Crippen molar-refractivity contribution in [2.24, 2.45) is 10.9 Å². The van der Waals surface area contributed by atoms with E-state index in [9.17, 15) is 0 Å². The minimum Gasteiger partial charge on any atom is -0.357 e. The van der Waals surface area contributed by atoms with Gasteiger partial charge in [-0.1, -0.05) is 36.7 Å². The third-order valence-electron chi connectivity index (χ3n) is 4.72. The third kappa shape index (κ3) is 9.45. The number of benzene rings is 1. The molecule has 1 atom stereocenters. The number of guanidine groups is 1. The summed E-state index contributed by atoms with van der Waals surface area (Å²) in [7, 11) is 2.20. The molecule has 7 heteroatoms. The lowest BCUT2D eigenvalue weighted by Gasteiger charge is -2.33. The molecule has 1 heterocycles. The van der Waals surface area contributed by atoms with E-state index in [0.29, 0.717) is 5.92 Å². The van der Waals surface area contributed by atoms with Gasteiger partial charge in [-0.05, 0) is 37.9 Å². The summed E-state index contributed by atoms with van der Waals surface area (Å²) in [6, 6.07) is 8.01. The minimum atomic E-state index is 0. The Kier molecular flexibility index (Phi) is 12.3. The smallest absolute Gasteiger partial charge is 0.191 e. The lowest BCUT2D eigenvalue weighted by molar-refractivity contribution is 0.140. The van der Waals surface area contributed by atoms with E-state index in [1.807, 2.05) is 18.2 Å². The van der Waals surface area contributed by atoms with E-state index < -0.39 is 0 Å². The average Bonchev–Trinajstić information content (AvgIpc) is 2.63. The van der Waals surface area contributed by atoms with Gasteiger partial charge in [-0.2, -0.15) is 0 Å². The monoisotopic (exact) mass is 507 g/mol. The molecule has 1 unspecified atom stereocenters. The van der Waals surface area contributed by atoms with Crippen molar-refractivity contribution in [3.05, 3.63) is 34.9 Å². The number of hydrogen-bond donors (Lipinski definition) is 2. The Hall–Kier alpha value is -0.570. The second-order valence-corrected chi connectivity index (χ2v) is 7.60. The van der Waals surface area contributed by atoms with Crippen molar-refractivity contribution in [3.63, 3.8) is 0 Å². The summed E-state index contributed by atoms with van der Waals surface area (Å²) in [5.74, 6) is 1.45. The van der Waals surface area contributed by atoms with Crippen molar-refractivity contribution >= 4 is 41.5 Å². The first-order valence-electron chi connectivity index (χ1n) is 9.75. The van der Waals surface area contributed by atoms with Gasteiger partial charge < -0.3 is 20.4 Å². The van der Waals surface area contributed by atoms with E-state index in [2.05, 4.69) is 47.4 Å². The molecule has 1 aliphatic rings. The maximum atomic E-state index is 6.22. The molecule has 1 aromatic rings. The van der Waals surface area contributed by atoms with E-state index in [0.717, 1.165) is 43.6 Å². The second kappa shape index (κ2) is 13.6. The van der Waals surface area contributed by atoms with Gasteiger partial charge in [-0.3, -0.25) is 4.99 Å². The van der Waals surface area contributed by atoms with Crippen molar-refractivity contribution in [2.75, 3.05) is 59.4 Å². The molecule has 0 saturated carbocycles. The van der Waals surface area contributed by atoms with Crippen LogP contribution in [-0.2, 0) is 6.42 Å². The predicted octanol–water partition coefficient (Wildman–Crippen LogP) is 2.94. The fraction of sp³-hybridized carbons (Fsp3) is 0.650. The molecule has 1 fully saturated rings. The molecule has 1 aromatic carbocycles. The molecule has 1 aliphatic heterocycles. The van der Waals surface area contributed by atoms with Crippen molar-refractivity contribution in [1.82, 2.24) is 20.4 Å². The van der Waals surface area contributed by atoms with Gasteiger partial charge in [-0.25, -0.2) is 0 Å². The molecule has 0 bridgehead atoms. The first-order chi connectivity index (χ1) is 12.6. The zero-order valence-corrected chi connectivity index (χ0v) is 20.0. The number of halogens is 2. The van der Waals surface area contributed by atoms with Crippen LogP contribution in [0.3, 0.4) is 0 Å². The van der Waals surface area contributed by atoms with Crippen LogP contribution in [0.4, 0.5) is 0 Å². The maximum absolute atomic E-state index is 6.22. The average molecular weight is 508 g/mol. The fourth-order valence-corrected chi connectivity index (χ4v) is 3.36. The van der Waals surface area contributed by atoms with Crippen LogP contribution in [0.5, 0.6) is 0 Å². The van der Waals surface area contributed by atoms with Gasteiger partial charge in [0.05, 0.1) is 0 Å². The normalized spacial score (nSPS) is 17.3. The molecule has 154 valence electrons. The van der Waals surface area contributed by atoms with Gasteiger partial charge in [0.25, 0.3) is 0 Å². The van der Waals surface area contributed by atoms with Gasteiger partial charge >= 0.3 is 0 Å². The quantitative estimate of drug-likeness (QED) is 0.323. The Morgan fingerprint density at radius 1 is 1.19 bits per heavy atom. The van der Waals surface area contributed by atoms with E-state index >= 15 is 0 Å². The van der Waals surface area contributed by atoms with Gasteiger partial charge in [0.2, 0.25) is 0 Å². The molecule has 0 aromatic heterocycles. The van der Waals surface area contributed by atoms with Crippen LogP contribution in [0.15, 0.2) is 29.3 Å². The SMILES string of the molecule is CCNC(=NCC(C)CN1CCN(C)CC1)NCCc1ccccc1Cl.I. The molecular weight excluding hydrogens is 473 g/mol. The highest BCUT2D eigenvalue weighted by Crippen LogP contribution is 2.14. The summed E-state index contributed by atoms with van der Waals surface area (Å²) in [6.45, 7) is 12.7. The molecule has 5 nitrogen and oxygen atoms in total. The van der Waals surface area contributed by atoms with Crippen LogP contribution in [0.2, 0.25) is 5.02 Å². The fourth-order valence-electron chi connectivity index (χ4n) is 3.13. The molecule has 1 saturated heterocycles. The zero-order chi connectivity index (χ0) is 18.8. The number of nitrogens with zero attached hydrogens (tertiary/aromatic N) is 3. The number of rotatable bonds is 8. The Balaban J connectivity index is 0.00000364. The number of hydrogen-bond acceptors (Lipinski definition) is 3. The summed E-state index contributed by atoms with van der Waals surface area (Å²) in [4.78, 5) is 9.72. The summed E-state index contributed by atoms with van der Waals surface area (Å²) in [5.41, 5.74) is 1.17. The summed E-state index contributed by atoms with van der Waals surface area (Å²) in [6.07, 6.45) is 0.890. The first kappa shape index (κ1) is 24.5. The Morgan fingerprint density at radius 3 is 2.56 bits per heavy atom. The summed E-state index contributed by atoms with van der Waals surface area (Å²) in [5, 5.41) is 7.59. The standard InChI is InChI=1S/C20H34ClN5.HI/c1-4-22-20(23-10-9-18-7-5-6-8-19(18)21)24-15-17(2)16-26-13-11-25(3)12-14-26;/h5-8,17H,4,9-16H2,1-3H3,(H2,22,23,24);1H. The van der Waals surface area contributed by atoms with Crippen LogP contribution in [0.25, 0.3) is 0 Å². The molecular formula is C20H35ClIN5. The van der Waals surface area contributed by atoms with Crippen LogP contribution >= 0.6 is 35.6 Å². The lowest BCUT2D eigenvalue weighted by Crippen LogP contribution is -2.46. The minimum absolute atomic E-state index is 0. The highest BCUT2D eigenvalue weighted by molar-refractivity contribution is 14.0. The highest BCUT2D eigenvalue weighted by Gasteiger charge is 2.15. The van der Waals surface area contributed by atoms with Crippen LogP contribution in [0, 0.1) is 5.92 Å². The van der Waals surface area contributed by atoms with Gasteiger partial charge in [0.15, 0.2) is 5.96 Å². The van der Waals surface area contributed by atoms with Crippen molar-refractivity contribution < 1.29 is 0 Å². The lowest BCUT2D eigenvalue weighted by atomic mass is 10.1. The van der Waals surface area contributed by atoms with E-state index in [4.69, 9.17) is 16.6 Å². The zero-order valence-electron chi connectivity index (χ0n) is 16.9. The number of nitrogens with one attached hydrogen (secondary N) is 2. The van der Waals surface area contributed by atoms with Crippen LogP contribution < -0.4 is 10.6 Å². The van der Waals surface area contributed by atoms with Crippen molar-refractivity contribution in [1.29, 1.82) is 0 Å². The molecule has 2 N–H and O–H groups in total. The summed E-state index contributed by atoms with van der Waals surface area (Å²) >= 11 is 6.22. The highest BCUT2D eigenvalue weighted by atomic mass is 127. The number of aliphatic imine (C=N–C) groups is 1. The van der Waals surface area contributed by atoms with E-state index in [-0.39, 0.29) is 24.0 Å². The molecule has 0 radical (unpaired) electrons.